The van der Waals surface area contributed by atoms with E-state index in [1.807, 2.05) is 6.92 Å². The highest BCUT2D eigenvalue weighted by Crippen LogP contribution is 2.31. The first kappa shape index (κ1) is 23.6. The Morgan fingerprint density at radius 3 is 2.66 bits per heavy atom. The van der Waals surface area contributed by atoms with E-state index in [0.29, 0.717) is 16.7 Å². The van der Waals surface area contributed by atoms with Crippen molar-refractivity contribution in [2.45, 2.75) is 38.0 Å². The van der Waals surface area contributed by atoms with Crippen molar-refractivity contribution in [3.8, 4) is 0 Å². The van der Waals surface area contributed by atoms with Crippen LogP contribution in [0, 0.1) is 17.0 Å². The Balaban J connectivity index is 1.91. The molecule has 2 aromatic carbocycles. The second-order valence-corrected chi connectivity index (χ2v) is 9.15. The Morgan fingerprint density at radius 1 is 1.22 bits per heavy atom. The number of nitro groups is 1. The summed E-state index contributed by atoms with van der Waals surface area (Å²) in [5.41, 5.74) is 0.243. The SMILES string of the molecule is CCCCCOC(=O)c1c(C)oc2ccc(NS(=O)(=O)c3ccc(Cl)c([N+](=O)[O-])c3)cc12. The Labute approximate surface area is 189 Å². The third-order valence-electron chi connectivity index (χ3n) is 4.73. The van der Waals surface area contributed by atoms with Crippen molar-refractivity contribution in [3.05, 3.63) is 62.9 Å². The van der Waals surface area contributed by atoms with Crippen LogP contribution in [-0.4, -0.2) is 25.9 Å². The number of benzene rings is 2. The molecule has 0 spiro atoms. The van der Waals surface area contributed by atoms with E-state index >= 15 is 0 Å². The minimum absolute atomic E-state index is 0.149. The van der Waals surface area contributed by atoms with Crippen LogP contribution in [0.25, 0.3) is 11.0 Å². The van der Waals surface area contributed by atoms with E-state index in [0.717, 1.165) is 37.5 Å². The van der Waals surface area contributed by atoms with Gasteiger partial charge in [-0.1, -0.05) is 31.4 Å². The van der Waals surface area contributed by atoms with Crippen molar-refractivity contribution in [1.29, 1.82) is 0 Å². The van der Waals surface area contributed by atoms with Crippen LogP contribution in [0.4, 0.5) is 11.4 Å². The number of hydrogen-bond acceptors (Lipinski definition) is 7. The van der Waals surface area contributed by atoms with E-state index in [4.69, 9.17) is 20.8 Å². The molecule has 0 radical (unpaired) electrons. The van der Waals surface area contributed by atoms with E-state index in [-0.39, 0.29) is 27.8 Å². The lowest BCUT2D eigenvalue weighted by atomic mass is 10.1. The monoisotopic (exact) mass is 480 g/mol. The van der Waals surface area contributed by atoms with Crippen molar-refractivity contribution in [2.24, 2.45) is 0 Å². The standard InChI is InChI=1S/C21H21ClN2O7S/c1-3-4-5-10-30-21(25)20-13(2)31-19-9-6-14(11-16(19)20)23-32(28,29)15-7-8-17(22)18(12-15)24(26)27/h6-9,11-12,23H,3-5,10H2,1-2H3. The van der Waals surface area contributed by atoms with Crippen LogP contribution in [0.1, 0.15) is 42.3 Å². The van der Waals surface area contributed by atoms with Gasteiger partial charge in [-0.3, -0.25) is 14.8 Å². The molecule has 0 aliphatic rings. The number of esters is 1. The summed E-state index contributed by atoms with van der Waals surface area (Å²) in [5.74, 6) is -0.195. The number of carbonyl (C=O) groups excluding carboxylic acids is 1. The second-order valence-electron chi connectivity index (χ2n) is 7.06. The van der Waals surface area contributed by atoms with Gasteiger partial charge in [0.2, 0.25) is 0 Å². The van der Waals surface area contributed by atoms with Gasteiger partial charge in [0.25, 0.3) is 15.7 Å². The van der Waals surface area contributed by atoms with Crippen molar-refractivity contribution in [1.82, 2.24) is 0 Å². The summed E-state index contributed by atoms with van der Waals surface area (Å²) in [7, 11) is -4.16. The molecule has 9 nitrogen and oxygen atoms in total. The van der Waals surface area contributed by atoms with Gasteiger partial charge in [-0.15, -0.1) is 0 Å². The maximum atomic E-state index is 12.8. The van der Waals surface area contributed by atoms with Crippen LogP contribution in [0.2, 0.25) is 5.02 Å². The number of aryl methyl sites for hydroxylation is 1. The number of fused-ring (bicyclic) bond motifs is 1. The van der Waals surface area contributed by atoms with Crippen molar-refractivity contribution < 1.29 is 27.3 Å². The van der Waals surface area contributed by atoms with E-state index < -0.39 is 26.6 Å². The summed E-state index contributed by atoms with van der Waals surface area (Å²) in [5, 5.41) is 11.3. The summed E-state index contributed by atoms with van der Waals surface area (Å²) in [4.78, 5) is 22.5. The van der Waals surface area contributed by atoms with E-state index in [9.17, 15) is 23.3 Å². The molecular weight excluding hydrogens is 460 g/mol. The lowest BCUT2D eigenvalue weighted by molar-refractivity contribution is -0.384. The molecule has 0 saturated heterocycles. The molecule has 0 aliphatic heterocycles. The number of halogens is 1. The Bertz CT molecular complexity index is 1280. The first-order valence-electron chi connectivity index (χ1n) is 9.81. The number of carbonyl (C=O) groups is 1. The predicted octanol–water partition coefficient (Wildman–Crippen LogP) is 5.45. The molecule has 0 aliphatic carbocycles. The lowest BCUT2D eigenvalue weighted by Crippen LogP contribution is -2.13. The molecule has 0 bridgehead atoms. The van der Waals surface area contributed by atoms with E-state index in [1.54, 1.807) is 6.92 Å². The molecule has 0 atom stereocenters. The smallest absolute Gasteiger partial charge is 0.342 e. The zero-order valence-corrected chi connectivity index (χ0v) is 19.0. The summed E-state index contributed by atoms with van der Waals surface area (Å²) < 4.78 is 38.8. The van der Waals surface area contributed by atoms with Crippen LogP contribution < -0.4 is 4.72 Å². The van der Waals surface area contributed by atoms with Gasteiger partial charge in [-0.2, -0.15) is 0 Å². The predicted molar refractivity (Wildman–Crippen MR) is 120 cm³/mol. The number of unbranched alkanes of at least 4 members (excludes halogenated alkanes) is 2. The van der Waals surface area contributed by atoms with Gasteiger partial charge in [0, 0.05) is 17.1 Å². The van der Waals surface area contributed by atoms with Crippen LogP contribution in [0.15, 0.2) is 45.7 Å². The normalized spacial score (nSPS) is 11.5. The molecule has 0 saturated carbocycles. The van der Waals surface area contributed by atoms with Gasteiger partial charge in [0.1, 0.15) is 21.9 Å². The maximum Gasteiger partial charge on any atom is 0.342 e. The highest BCUT2D eigenvalue weighted by molar-refractivity contribution is 7.92. The Morgan fingerprint density at radius 2 is 1.97 bits per heavy atom. The van der Waals surface area contributed by atoms with Gasteiger partial charge in [0.15, 0.2) is 0 Å². The molecule has 0 fully saturated rings. The van der Waals surface area contributed by atoms with Crippen LogP contribution in [-0.2, 0) is 14.8 Å². The highest BCUT2D eigenvalue weighted by atomic mass is 35.5. The summed E-state index contributed by atoms with van der Waals surface area (Å²) >= 11 is 5.76. The third-order valence-corrected chi connectivity index (χ3v) is 6.42. The molecule has 0 amide bonds. The molecule has 1 N–H and O–H groups in total. The number of nitrogens with one attached hydrogen (secondary N) is 1. The first-order valence-corrected chi connectivity index (χ1v) is 11.7. The number of hydrogen-bond donors (Lipinski definition) is 1. The lowest BCUT2D eigenvalue weighted by Gasteiger charge is -2.09. The highest BCUT2D eigenvalue weighted by Gasteiger charge is 2.23. The van der Waals surface area contributed by atoms with Crippen molar-refractivity contribution in [2.75, 3.05) is 11.3 Å². The van der Waals surface area contributed by atoms with Gasteiger partial charge in [0.05, 0.1) is 16.4 Å². The minimum Gasteiger partial charge on any atom is -0.462 e. The van der Waals surface area contributed by atoms with Crippen molar-refractivity contribution >= 4 is 49.9 Å². The molecule has 0 unspecified atom stereocenters. The van der Waals surface area contributed by atoms with Crippen LogP contribution in [0.5, 0.6) is 0 Å². The molecule has 3 aromatic rings. The Kier molecular flexibility index (Phi) is 7.05. The fourth-order valence-corrected chi connectivity index (χ4v) is 4.40. The van der Waals surface area contributed by atoms with Gasteiger partial charge < -0.3 is 9.15 Å². The molecule has 11 heteroatoms. The molecule has 1 heterocycles. The molecule has 1 aromatic heterocycles. The zero-order valence-electron chi connectivity index (χ0n) is 17.4. The van der Waals surface area contributed by atoms with Crippen LogP contribution in [0.3, 0.4) is 0 Å². The fraction of sp³-hybridized carbons (Fsp3) is 0.286. The van der Waals surface area contributed by atoms with Crippen LogP contribution >= 0.6 is 11.6 Å². The number of ether oxygens (including phenoxy) is 1. The van der Waals surface area contributed by atoms with Gasteiger partial charge >= 0.3 is 5.97 Å². The number of furan rings is 1. The second kappa shape index (κ2) is 9.58. The molecule has 32 heavy (non-hydrogen) atoms. The largest absolute Gasteiger partial charge is 0.462 e. The number of sulfonamides is 1. The first-order chi connectivity index (χ1) is 15.1. The molecule has 3 rings (SSSR count). The number of rotatable bonds is 9. The average molecular weight is 481 g/mol. The number of nitrogens with zero attached hydrogens (tertiary/aromatic N) is 1. The summed E-state index contributed by atoms with van der Waals surface area (Å²) in [6.07, 6.45) is 2.67. The minimum atomic E-state index is -4.16. The Hall–Kier alpha value is -3.11. The van der Waals surface area contributed by atoms with Gasteiger partial charge in [-0.05, 0) is 43.7 Å². The van der Waals surface area contributed by atoms with E-state index in [2.05, 4.69) is 4.72 Å². The fourth-order valence-electron chi connectivity index (χ4n) is 3.14. The number of anilines is 1. The van der Waals surface area contributed by atoms with E-state index in [1.165, 1.54) is 18.2 Å². The molecular formula is C21H21ClN2O7S. The summed E-state index contributed by atoms with van der Waals surface area (Å²) in [6, 6.07) is 7.63. The van der Waals surface area contributed by atoms with Gasteiger partial charge in [-0.25, -0.2) is 13.2 Å². The maximum absolute atomic E-state index is 12.8. The summed E-state index contributed by atoms with van der Waals surface area (Å²) in [6.45, 7) is 3.94. The number of nitro benzene ring substituents is 1. The quantitative estimate of drug-likeness (QED) is 0.186. The topological polar surface area (TPSA) is 129 Å². The average Bonchev–Trinajstić information content (AvgIpc) is 3.05. The molecule has 170 valence electrons. The van der Waals surface area contributed by atoms with Crippen molar-refractivity contribution in [3.63, 3.8) is 0 Å². The third kappa shape index (κ3) is 5.03. The zero-order chi connectivity index (χ0) is 23.5.